The van der Waals surface area contributed by atoms with Crippen LogP contribution in [0.1, 0.15) is 57.4 Å². The first kappa shape index (κ1) is 29.7. The summed E-state index contributed by atoms with van der Waals surface area (Å²) in [6.07, 6.45) is 5.95. The monoisotopic (exact) mass is 574 g/mol. The predicted octanol–water partition coefficient (Wildman–Crippen LogP) is 5.84. The number of benzene rings is 2. The molecule has 2 aliphatic carbocycles. The lowest BCUT2D eigenvalue weighted by atomic mass is 9.63. The van der Waals surface area contributed by atoms with Crippen LogP contribution >= 0.6 is 0 Å². The molecule has 2 amide bonds. The fourth-order valence-corrected chi connectivity index (χ4v) is 6.63. The maximum atomic E-state index is 15.0. The van der Waals surface area contributed by atoms with Gasteiger partial charge in [-0.15, -0.1) is 0 Å². The van der Waals surface area contributed by atoms with Crippen molar-refractivity contribution in [2.75, 3.05) is 19.5 Å². The van der Waals surface area contributed by atoms with Crippen molar-refractivity contribution in [1.29, 1.82) is 0 Å². The molecular formula is C33H39FN4O4. The number of rotatable bonds is 7. The van der Waals surface area contributed by atoms with Crippen molar-refractivity contribution in [2.24, 2.45) is 11.7 Å². The van der Waals surface area contributed by atoms with Crippen LogP contribution < -0.4 is 11.1 Å². The van der Waals surface area contributed by atoms with E-state index in [9.17, 15) is 14.7 Å². The summed E-state index contributed by atoms with van der Waals surface area (Å²) in [5.74, 6) is 0.0512. The molecule has 0 unspecified atom stereocenters. The number of halogens is 1. The standard InChI is InChI=1S/C33H39FN4O4/c1-32(41)19-33(35,20-32)23-12-10-22(11-13-23)27-18-36-29(17-26(27)25-6-4-5-7-28(25)34)37-30(39)16-21-8-14-24(15-9-21)38(2)31(40)42-3/h4-7,10-13,17-18,21,24,41H,8-9,14-16,19-20,35H2,1-3H3,(H,36,37,39)/t21-,24-,32-,33-. The highest BCUT2D eigenvalue weighted by atomic mass is 19.1. The van der Waals surface area contributed by atoms with Gasteiger partial charge in [0.25, 0.3) is 0 Å². The van der Waals surface area contributed by atoms with Crippen LogP contribution in [0.15, 0.2) is 60.8 Å². The Bertz CT molecular complexity index is 1440. The minimum absolute atomic E-state index is 0.113. The van der Waals surface area contributed by atoms with Gasteiger partial charge < -0.3 is 25.8 Å². The van der Waals surface area contributed by atoms with E-state index in [1.807, 2.05) is 24.3 Å². The Morgan fingerprint density at radius 1 is 1.07 bits per heavy atom. The van der Waals surface area contributed by atoms with Crippen LogP contribution in [-0.2, 0) is 15.1 Å². The summed E-state index contributed by atoms with van der Waals surface area (Å²) in [7, 11) is 3.12. The SMILES string of the molecule is COC(=O)N(C)[C@H]1CC[C@H](CC(=O)Nc2cc(-c3ccccc3F)c(-c3ccc([C@]4(N)C[C@](C)(O)C4)cc3)cn2)CC1. The van der Waals surface area contributed by atoms with Gasteiger partial charge in [0.15, 0.2) is 0 Å². The highest BCUT2D eigenvalue weighted by molar-refractivity contribution is 5.92. The number of hydrogen-bond acceptors (Lipinski definition) is 6. The molecule has 42 heavy (non-hydrogen) atoms. The van der Waals surface area contributed by atoms with Gasteiger partial charge in [-0.2, -0.15) is 0 Å². The zero-order valence-electron chi connectivity index (χ0n) is 24.4. The van der Waals surface area contributed by atoms with Gasteiger partial charge in [0.05, 0.1) is 12.7 Å². The summed E-state index contributed by atoms with van der Waals surface area (Å²) < 4.78 is 19.8. The van der Waals surface area contributed by atoms with E-state index in [4.69, 9.17) is 10.5 Å². The first-order chi connectivity index (χ1) is 20.0. The lowest BCUT2D eigenvalue weighted by Crippen LogP contribution is -2.58. The number of aliphatic hydroxyl groups is 1. The molecule has 0 aliphatic heterocycles. The molecule has 0 bridgehead atoms. The molecule has 8 nitrogen and oxygen atoms in total. The molecule has 5 rings (SSSR count). The third-order valence-corrected chi connectivity index (χ3v) is 8.80. The Hall–Kier alpha value is -3.82. The number of pyridine rings is 1. The first-order valence-electron chi connectivity index (χ1n) is 14.5. The van der Waals surface area contributed by atoms with Crippen molar-refractivity contribution in [3.8, 4) is 22.3 Å². The van der Waals surface area contributed by atoms with Gasteiger partial charge >= 0.3 is 6.09 Å². The number of anilines is 1. The van der Waals surface area contributed by atoms with E-state index in [-0.39, 0.29) is 29.8 Å². The molecule has 0 saturated heterocycles. The number of nitrogens with one attached hydrogen (secondary N) is 1. The Labute approximate surface area is 246 Å². The second kappa shape index (κ2) is 11.8. The van der Waals surface area contributed by atoms with Gasteiger partial charge in [0.1, 0.15) is 11.6 Å². The van der Waals surface area contributed by atoms with Gasteiger partial charge in [-0.3, -0.25) is 4.79 Å². The van der Waals surface area contributed by atoms with Crippen molar-refractivity contribution < 1.29 is 23.8 Å². The number of methoxy groups -OCH3 is 1. The van der Waals surface area contributed by atoms with Gasteiger partial charge in [0.2, 0.25) is 5.91 Å². The number of ether oxygens (including phenoxy) is 1. The molecule has 9 heteroatoms. The second-order valence-corrected chi connectivity index (χ2v) is 12.2. The summed E-state index contributed by atoms with van der Waals surface area (Å²) in [5, 5.41) is 13.1. The fraction of sp³-hybridized carbons (Fsp3) is 0.424. The number of carbonyl (C=O) groups is 2. The number of aromatic nitrogens is 1. The Morgan fingerprint density at radius 2 is 1.74 bits per heavy atom. The summed E-state index contributed by atoms with van der Waals surface area (Å²) in [4.78, 5) is 31.0. The average Bonchev–Trinajstić information content (AvgIpc) is 2.96. The summed E-state index contributed by atoms with van der Waals surface area (Å²) in [6.45, 7) is 1.79. The molecule has 3 aromatic rings. The molecule has 0 radical (unpaired) electrons. The fourth-order valence-electron chi connectivity index (χ4n) is 6.63. The minimum atomic E-state index is -0.754. The highest BCUT2D eigenvalue weighted by Crippen LogP contribution is 2.46. The van der Waals surface area contributed by atoms with E-state index in [2.05, 4.69) is 10.3 Å². The summed E-state index contributed by atoms with van der Waals surface area (Å²) >= 11 is 0. The van der Waals surface area contributed by atoms with Gasteiger partial charge in [0, 0.05) is 42.4 Å². The molecule has 222 valence electrons. The number of carbonyl (C=O) groups excluding carboxylic acids is 2. The maximum absolute atomic E-state index is 15.0. The van der Waals surface area contributed by atoms with Gasteiger partial charge in [-0.05, 0) is 80.2 Å². The van der Waals surface area contributed by atoms with Crippen LogP contribution in [-0.4, -0.2) is 52.8 Å². The van der Waals surface area contributed by atoms with Crippen LogP contribution in [0.4, 0.5) is 15.0 Å². The van der Waals surface area contributed by atoms with E-state index in [0.717, 1.165) is 42.4 Å². The molecule has 4 N–H and O–H groups in total. The summed E-state index contributed by atoms with van der Waals surface area (Å²) in [6, 6.07) is 16.1. The first-order valence-corrected chi connectivity index (χ1v) is 14.5. The molecule has 2 aromatic carbocycles. The Kier molecular flexibility index (Phi) is 8.35. The van der Waals surface area contributed by atoms with Crippen molar-refractivity contribution in [3.05, 3.63) is 72.2 Å². The number of hydrogen-bond donors (Lipinski definition) is 3. The van der Waals surface area contributed by atoms with Crippen LogP contribution in [0.2, 0.25) is 0 Å². The van der Waals surface area contributed by atoms with Crippen LogP contribution in [0.3, 0.4) is 0 Å². The van der Waals surface area contributed by atoms with Crippen LogP contribution in [0, 0.1) is 11.7 Å². The predicted molar refractivity (Wildman–Crippen MR) is 160 cm³/mol. The van der Waals surface area contributed by atoms with Crippen molar-refractivity contribution in [3.63, 3.8) is 0 Å². The number of nitrogens with zero attached hydrogens (tertiary/aromatic N) is 2. The molecule has 2 saturated carbocycles. The van der Waals surface area contributed by atoms with Crippen LogP contribution in [0.25, 0.3) is 22.3 Å². The normalized spacial score (nSPS) is 25.3. The van der Waals surface area contributed by atoms with E-state index in [0.29, 0.717) is 36.2 Å². The Balaban J connectivity index is 1.31. The van der Waals surface area contributed by atoms with E-state index in [1.54, 1.807) is 49.3 Å². The lowest BCUT2D eigenvalue weighted by molar-refractivity contribution is -0.117. The quantitative estimate of drug-likeness (QED) is 0.326. The van der Waals surface area contributed by atoms with Gasteiger partial charge in [-0.25, -0.2) is 14.2 Å². The maximum Gasteiger partial charge on any atom is 0.409 e. The van der Waals surface area contributed by atoms with E-state index in [1.165, 1.54) is 13.2 Å². The minimum Gasteiger partial charge on any atom is -0.453 e. The Morgan fingerprint density at radius 3 is 2.36 bits per heavy atom. The molecule has 1 heterocycles. The molecule has 1 aromatic heterocycles. The molecule has 0 atom stereocenters. The molecular weight excluding hydrogens is 535 g/mol. The number of nitrogens with two attached hydrogens (primary N) is 1. The largest absolute Gasteiger partial charge is 0.453 e. The zero-order chi connectivity index (χ0) is 30.1. The topological polar surface area (TPSA) is 118 Å². The molecule has 2 fully saturated rings. The van der Waals surface area contributed by atoms with E-state index >= 15 is 4.39 Å². The highest BCUT2D eigenvalue weighted by Gasteiger charge is 2.49. The second-order valence-electron chi connectivity index (χ2n) is 12.2. The smallest absolute Gasteiger partial charge is 0.409 e. The zero-order valence-corrected chi connectivity index (χ0v) is 24.4. The molecule has 2 aliphatic rings. The molecule has 0 spiro atoms. The van der Waals surface area contributed by atoms with E-state index < -0.39 is 11.1 Å². The number of amides is 2. The van der Waals surface area contributed by atoms with Crippen LogP contribution in [0.5, 0.6) is 0 Å². The summed E-state index contributed by atoms with van der Waals surface area (Å²) in [5.41, 5.74) is 8.72. The lowest BCUT2D eigenvalue weighted by Gasteiger charge is -2.49. The van der Waals surface area contributed by atoms with Crippen molar-refractivity contribution in [2.45, 2.75) is 69.1 Å². The third-order valence-electron chi connectivity index (χ3n) is 8.80. The third kappa shape index (κ3) is 6.32. The van der Waals surface area contributed by atoms with Gasteiger partial charge in [-0.1, -0.05) is 42.5 Å². The van der Waals surface area contributed by atoms with Crippen molar-refractivity contribution >= 4 is 17.8 Å². The van der Waals surface area contributed by atoms with Crippen molar-refractivity contribution in [1.82, 2.24) is 9.88 Å². The average molecular weight is 575 g/mol.